The number of nitrogens with zero attached hydrogens (tertiary/aromatic N) is 7. The molecular formula is C48H47N9O5. The van der Waals surface area contributed by atoms with E-state index in [0.29, 0.717) is 48.8 Å². The third-order valence-corrected chi connectivity index (χ3v) is 11.4. The van der Waals surface area contributed by atoms with Crippen molar-refractivity contribution in [1.82, 2.24) is 34.4 Å². The number of carbonyl (C=O) groups is 1. The maximum atomic E-state index is 11.8. The lowest BCUT2D eigenvalue weighted by Gasteiger charge is -2.18. The molecule has 3 N–H and O–H groups in total. The number of allylic oxidation sites excluding steroid dienone is 1. The second kappa shape index (κ2) is 18.1. The van der Waals surface area contributed by atoms with Crippen LogP contribution in [-0.4, -0.2) is 85.4 Å². The van der Waals surface area contributed by atoms with Crippen LogP contribution in [0.25, 0.3) is 33.7 Å². The van der Waals surface area contributed by atoms with Crippen LogP contribution in [0, 0.1) is 0 Å². The largest absolute Gasteiger partial charge is 0.496 e. The molecule has 62 heavy (non-hydrogen) atoms. The van der Waals surface area contributed by atoms with Gasteiger partial charge in [-0.15, -0.1) is 0 Å². The average molecular weight is 830 g/mol. The fraction of sp³-hybridized carbons (Fsp3) is 0.250. The zero-order valence-corrected chi connectivity index (χ0v) is 34.6. The number of pyridine rings is 2. The SMILES string of the molecule is COc1cc2ncc(-c3cccc(NC4CCNC4)n3)n2cc2c3c(OCC(=O)O)n(ncc-2c2cccc1C(CCON=C(c1ccccc1)c1cccnc1)=C(C)C2)CC3. The average Bonchev–Trinajstić information content (AvgIpc) is 4.02. The summed E-state index contributed by atoms with van der Waals surface area (Å²) in [4.78, 5) is 32.3. The lowest BCUT2D eigenvalue weighted by molar-refractivity contribution is -0.139. The van der Waals surface area contributed by atoms with Gasteiger partial charge in [0.15, 0.2) is 6.61 Å². The van der Waals surface area contributed by atoms with Crippen LogP contribution in [0.15, 0.2) is 127 Å². The summed E-state index contributed by atoms with van der Waals surface area (Å²) in [6.45, 7) is 4.32. The smallest absolute Gasteiger partial charge is 0.341 e. The van der Waals surface area contributed by atoms with E-state index < -0.39 is 12.6 Å². The molecule has 14 nitrogen and oxygen atoms in total. The van der Waals surface area contributed by atoms with Crippen molar-refractivity contribution in [3.63, 3.8) is 0 Å². The van der Waals surface area contributed by atoms with Gasteiger partial charge in [0.05, 0.1) is 30.9 Å². The Hall–Kier alpha value is -7.32. The quantitative estimate of drug-likeness (QED) is 0.0607. The summed E-state index contributed by atoms with van der Waals surface area (Å²) in [6, 6.07) is 28.2. The molecular weight excluding hydrogens is 783 g/mol. The van der Waals surface area contributed by atoms with E-state index in [1.54, 1.807) is 24.2 Å². The molecule has 1 fully saturated rings. The fourth-order valence-corrected chi connectivity index (χ4v) is 8.38. The second-order valence-corrected chi connectivity index (χ2v) is 15.4. The predicted molar refractivity (Wildman–Crippen MR) is 238 cm³/mol. The summed E-state index contributed by atoms with van der Waals surface area (Å²) in [5, 5.41) is 26.2. The monoisotopic (exact) mass is 829 g/mol. The van der Waals surface area contributed by atoms with Crippen LogP contribution < -0.4 is 20.1 Å². The first-order chi connectivity index (χ1) is 30.4. The van der Waals surface area contributed by atoms with Gasteiger partial charge < -0.3 is 30.1 Å². The van der Waals surface area contributed by atoms with Crippen LogP contribution in [0.2, 0.25) is 0 Å². The molecule has 0 saturated carbocycles. The maximum Gasteiger partial charge on any atom is 0.341 e. The Balaban J connectivity index is 1.21. The van der Waals surface area contributed by atoms with Gasteiger partial charge in [0.2, 0.25) is 5.88 Å². The number of aromatic nitrogens is 6. The van der Waals surface area contributed by atoms with Crippen LogP contribution in [0.4, 0.5) is 5.82 Å². The van der Waals surface area contributed by atoms with Gasteiger partial charge in [-0.1, -0.05) is 65.3 Å². The van der Waals surface area contributed by atoms with Crippen molar-refractivity contribution in [3.8, 4) is 34.1 Å². The van der Waals surface area contributed by atoms with E-state index in [0.717, 1.165) is 86.8 Å². The zero-order valence-electron chi connectivity index (χ0n) is 34.6. The number of imidazole rings is 1. The number of hydrogen-bond donors (Lipinski definition) is 3. The van der Waals surface area contributed by atoms with Crippen molar-refractivity contribution in [3.05, 3.63) is 149 Å². The number of fused-ring (bicyclic) bond motifs is 6. The number of aryl methyl sites for hydroxylation is 1. The topological polar surface area (TPSA) is 162 Å². The van der Waals surface area contributed by atoms with Crippen LogP contribution >= 0.6 is 0 Å². The molecule has 10 rings (SSSR count). The summed E-state index contributed by atoms with van der Waals surface area (Å²) < 4.78 is 16.0. The standard InChI is InChI=1S/C48H47N9O5/c1-31-23-33-11-6-13-37(36(31)18-22-62-55-47(32-9-4-3-5-10-32)34-12-8-19-49-25-34)43(60-2)24-45-51-28-42(41-14-7-15-44(54-41)53-35-16-20-50-26-35)56(45)29-40-38-17-21-57(52-27-39(33)40)48(38)61-30-46(58)59/h3-15,19,24-25,27-29,35,50H,16-18,20-23,26,30H2,1-2H3,(H,53,54)(H,58,59). The van der Waals surface area contributed by atoms with Crippen molar-refractivity contribution < 1.29 is 24.2 Å². The number of rotatable bonds is 13. The molecule has 314 valence electrons. The Morgan fingerprint density at radius 2 is 1.85 bits per heavy atom. The number of methoxy groups -OCH3 is 1. The van der Waals surface area contributed by atoms with Crippen LogP contribution in [0.5, 0.6) is 11.6 Å². The molecule has 1 aromatic carbocycles. The minimum Gasteiger partial charge on any atom is -0.496 e. The third kappa shape index (κ3) is 8.50. The third-order valence-electron chi connectivity index (χ3n) is 11.4. The highest BCUT2D eigenvalue weighted by molar-refractivity contribution is 6.12. The second-order valence-electron chi connectivity index (χ2n) is 15.4. The van der Waals surface area contributed by atoms with Gasteiger partial charge in [-0.3, -0.25) is 9.38 Å². The minimum atomic E-state index is -1.07. The molecule has 3 aromatic heterocycles. The van der Waals surface area contributed by atoms with Crippen LogP contribution in [-0.2, 0) is 29.0 Å². The van der Waals surface area contributed by atoms with E-state index in [-0.39, 0.29) is 12.6 Å². The van der Waals surface area contributed by atoms with Crippen molar-refractivity contribution in [2.24, 2.45) is 5.16 Å². The van der Waals surface area contributed by atoms with Gasteiger partial charge in [0.1, 0.15) is 29.5 Å². The molecule has 4 aromatic rings. The minimum absolute atomic E-state index is 0.287. The summed E-state index contributed by atoms with van der Waals surface area (Å²) in [7, 11) is 1.67. The number of oxime groups is 1. The van der Waals surface area contributed by atoms with E-state index >= 15 is 0 Å². The first kappa shape index (κ1) is 40.1. The van der Waals surface area contributed by atoms with Crippen molar-refractivity contribution in [2.75, 3.05) is 38.7 Å². The number of nitrogens with one attached hydrogen (secondary N) is 2. The number of carboxylic acid groups (broad SMARTS) is 1. The summed E-state index contributed by atoms with van der Waals surface area (Å²) in [5.41, 5.74) is 11.2. The van der Waals surface area contributed by atoms with E-state index in [2.05, 4.69) is 46.0 Å². The van der Waals surface area contributed by atoms with Crippen LogP contribution in [0.1, 0.15) is 47.6 Å². The van der Waals surface area contributed by atoms with Gasteiger partial charge in [-0.2, -0.15) is 5.10 Å². The van der Waals surface area contributed by atoms with E-state index in [1.165, 1.54) is 0 Å². The van der Waals surface area contributed by atoms with Crippen LogP contribution in [0.3, 0.4) is 0 Å². The van der Waals surface area contributed by atoms with Crippen molar-refractivity contribution in [2.45, 2.75) is 45.2 Å². The lowest BCUT2D eigenvalue weighted by atomic mass is 9.89. The molecule has 1 aliphatic carbocycles. The van der Waals surface area contributed by atoms with Gasteiger partial charge in [0, 0.05) is 83.6 Å². The zero-order chi connectivity index (χ0) is 42.4. The maximum absolute atomic E-state index is 11.8. The Morgan fingerprint density at radius 3 is 2.66 bits per heavy atom. The number of aliphatic carboxylic acids is 1. The molecule has 0 radical (unpaired) electrons. The first-order valence-corrected chi connectivity index (χ1v) is 20.8. The molecule has 1 saturated heterocycles. The summed E-state index contributed by atoms with van der Waals surface area (Å²) >= 11 is 0. The number of anilines is 1. The highest BCUT2D eigenvalue weighted by Gasteiger charge is 2.26. The lowest BCUT2D eigenvalue weighted by Crippen LogP contribution is -2.22. The molecule has 0 amide bonds. The Morgan fingerprint density at radius 1 is 0.984 bits per heavy atom. The van der Waals surface area contributed by atoms with Gasteiger partial charge >= 0.3 is 5.97 Å². The number of hydrogen-bond acceptors (Lipinski definition) is 11. The van der Waals surface area contributed by atoms with E-state index in [4.69, 9.17) is 29.4 Å². The number of carboxylic acids is 1. The predicted octanol–water partition coefficient (Wildman–Crippen LogP) is 7.33. The molecule has 1 unspecified atom stereocenters. The van der Waals surface area contributed by atoms with E-state index in [1.807, 2.05) is 89.6 Å². The summed E-state index contributed by atoms with van der Waals surface area (Å²) in [5.74, 6) is 0.757. The highest BCUT2D eigenvalue weighted by atomic mass is 16.6. The molecule has 5 aliphatic heterocycles. The molecule has 6 aliphatic rings. The highest BCUT2D eigenvalue weighted by Crippen LogP contribution is 2.39. The van der Waals surface area contributed by atoms with Gasteiger partial charge in [-0.25, -0.2) is 19.4 Å². The Labute approximate surface area is 358 Å². The normalized spacial score (nSPS) is 15.3. The van der Waals surface area contributed by atoms with Gasteiger partial charge in [-0.05, 0) is 68.1 Å². The molecule has 1 atom stereocenters. The molecule has 8 heterocycles. The Bertz CT molecular complexity index is 2730. The fourth-order valence-electron chi connectivity index (χ4n) is 8.38. The molecule has 0 spiro atoms. The number of ether oxygens (including phenoxy) is 2. The molecule has 4 bridgehead atoms. The van der Waals surface area contributed by atoms with Crippen molar-refractivity contribution >= 4 is 28.7 Å². The Kier molecular flexibility index (Phi) is 11.7. The van der Waals surface area contributed by atoms with Crippen molar-refractivity contribution in [1.29, 1.82) is 0 Å². The first-order valence-electron chi connectivity index (χ1n) is 20.8. The summed E-state index contributed by atoms with van der Waals surface area (Å²) in [6.07, 6.45) is 12.0. The molecule has 14 heteroatoms. The van der Waals surface area contributed by atoms with E-state index in [9.17, 15) is 9.90 Å². The number of benzene rings is 1. The van der Waals surface area contributed by atoms with Gasteiger partial charge in [0.25, 0.3) is 0 Å².